The topological polar surface area (TPSA) is 112 Å². The molecule has 0 spiro atoms. The number of amides is 1. The number of carbonyl (C=O) groups excluding carboxylic acids is 1. The number of halogens is 4. The first-order valence-electron chi connectivity index (χ1n) is 14.4. The molecule has 2 fully saturated rings. The van der Waals surface area contributed by atoms with Gasteiger partial charge >= 0.3 is 6.18 Å². The zero-order chi connectivity index (χ0) is 31.9. The number of hydrogen-bond acceptors (Lipinski definition) is 8. The van der Waals surface area contributed by atoms with Crippen LogP contribution in [-0.4, -0.2) is 95.1 Å². The molecule has 2 N–H and O–H groups in total. The maximum atomic E-state index is 15.2. The molecule has 2 saturated heterocycles. The molecule has 2 aromatic heterocycles. The molecule has 238 valence electrons. The summed E-state index contributed by atoms with van der Waals surface area (Å²) in [6, 6.07) is 10.0. The molecule has 4 heterocycles. The number of anilines is 2. The smallest absolute Gasteiger partial charge is 0.337 e. The Kier molecular flexibility index (Phi) is 8.26. The van der Waals surface area contributed by atoms with Gasteiger partial charge in [0.05, 0.1) is 17.1 Å². The number of hydrogen-bond donors (Lipinski definition) is 2. The van der Waals surface area contributed by atoms with Gasteiger partial charge in [0.2, 0.25) is 5.95 Å². The van der Waals surface area contributed by atoms with Crippen molar-refractivity contribution < 1.29 is 30.8 Å². The van der Waals surface area contributed by atoms with E-state index in [0.717, 1.165) is 11.1 Å². The SMILES string of the molecule is Cc1ccc(Nc2ncc3ccn(-c4ccc(C(=O)N5CCS(=O)(=O)CC5)c(F)c4)c3n2)cc1CN1CCNC(C(F)(F)F)C1. The van der Waals surface area contributed by atoms with Crippen LogP contribution in [-0.2, 0) is 16.4 Å². The maximum Gasteiger partial charge on any atom is 0.405 e. The highest BCUT2D eigenvalue weighted by atomic mass is 32.2. The number of sulfone groups is 1. The average Bonchev–Trinajstić information content (AvgIpc) is 3.41. The third kappa shape index (κ3) is 6.79. The zero-order valence-corrected chi connectivity index (χ0v) is 25.1. The van der Waals surface area contributed by atoms with Crippen LogP contribution in [0.15, 0.2) is 54.9 Å². The van der Waals surface area contributed by atoms with Crippen LogP contribution >= 0.6 is 0 Å². The Morgan fingerprint density at radius 3 is 2.60 bits per heavy atom. The molecule has 6 rings (SSSR count). The molecule has 15 heteroatoms. The first-order chi connectivity index (χ1) is 21.4. The molecule has 2 aliphatic heterocycles. The monoisotopic (exact) mass is 645 g/mol. The van der Waals surface area contributed by atoms with Crippen LogP contribution in [0.2, 0.25) is 0 Å². The van der Waals surface area contributed by atoms with Gasteiger partial charge in [-0.15, -0.1) is 0 Å². The number of rotatable bonds is 6. The van der Waals surface area contributed by atoms with Crippen LogP contribution < -0.4 is 10.6 Å². The molecule has 1 unspecified atom stereocenters. The van der Waals surface area contributed by atoms with Crippen molar-refractivity contribution in [2.45, 2.75) is 25.7 Å². The van der Waals surface area contributed by atoms with Gasteiger partial charge in [0.25, 0.3) is 5.91 Å². The van der Waals surface area contributed by atoms with E-state index in [-0.39, 0.29) is 49.2 Å². The van der Waals surface area contributed by atoms with Crippen LogP contribution in [0.3, 0.4) is 0 Å². The lowest BCUT2D eigenvalue weighted by molar-refractivity contribution is -0.165. The Balaban J connectivity index is 1.19. The molecular weight excluding hydrogens is 614 g/mol. The van der Waals surface area contributed by atoms with Crippen LogP contribution in [0.1, 0.15) is 21.5 Å². The third-order valence-corrected chi connectivity index (χ3v) is 9.78. The number of nitrogens with one attached hydrogen (secondary N) is 2. The molecule has 2 aromatic carbocycles. The second-order valence-corrected chi connectivity index (χ2v) is 13.6. The van der Waals surface area contributed by atoms with E-state index in [0.29, 0.717) is 35.5 Å². The minimum absolute atomic E-state index is 0.0219. The highest BCUT2D eigenvalue weighted by molar-refractivity contribution is 7.91. The molecule has 0 saturated carbocycles. The number of carbonyl (C=O) groups is 1. The van der Waals surface area contributed by atoms with E-state index in [2.05, 4.69) is 20.6 Å². The standard InChI is InChI=1S/C30H31F4N7O3S/c1-19-2-3-22(14-21(19)17-39-9-7-35-26(18-39)30(32,33)34)37-29-36-16-20-6-8-41(27(20)38-29)23-4-5-24(25(31)15-23)28(42)40-10-12-45(43,44)13-11-40/h2-6,8,14-16,26,35H,7,9-13,17-18H2,1H3,(H,36,37,38). The molecule has 1 atom stereocenters. The van der Waals surface area contributed by atoms with Crippen molar-refractivity contribution in [3.63, 3.8) is 0 Å². The Morgan fingerprint density at radius 2 is 1.87 bits per heavy atom. The third-order valence-electron chi connectivity index (χ3n) is 8.17. The summed E-state index contributed by atoms with van der Waals surface area (Å²) in [6.07, 6.45) is -0.982. The molecule has 1 amide bonds. The van der Waals surface area contributed by atoms with Crippen LogP contribution in [0.25, 0.3) is 16.7 Å². The van der Waals surface area contributed by atoms with Crippen molar-refractivity contribution in [1.29, 1.82) is 0 Å². The molecule has 0 aliphatic carbocycles. The lowest BCUT2D eigenvalue weighted by atomic mass is 10.1. The molecule has 2 aliphatic rings. The molecule has 0 bridgehead atoms. The fraction of sp³-hybridized carbons (Fsp3) is 0.367. The van der Waals surface area contributed by atoms with E-state index < -0.39 is 33.8 Å². The first kappa shape index (κ1) is 30.9. The lowest BCUT2D eigenvalue weighted by Crippen LogP contribution is -2.56. The minimum atomic E-state index is -4.31. The van der Waals surface area contributed by atoms with Gasteiger partial charge in [-0.1, -0.05) is 6.07 Å². The predicted molar refractivity (Wildman–Crippen MR) is 161 cm³/mol. The van der Waals surface area contributed by atoms with E-state index in [1.54, 1.807) is 34.0 Å². The number of fused-ring (bicyclic) bond motifs is 1. The maximum absolute atomic E-state index is 15.2. The molecule has 45 heavy (non-hydrogen) atoms. The average molecular weight is 646 g/mol. The molecule has 0 radical (unpaired) electrons. The van der Waals surface area contributed by atoms with Crippen molar-refractivity contribution in [3.05, 3.63) is 77.4 Å². The van der Waals surface area contributed by atoms with E-state index in [4.69, 9.17) is 0 Å². The predicted octanol–water partition coefficient (Wildman–Crippen LogP) is 3.82. The van der Waals surface area contributed by atoms with Gasteiger partial charge in [-0.25, -0.2) is 17.8 Å². The Labute approximate surface area is 257 Å². The number of benzene rings is 2. The van der Waals surface area contributed by atoms with Gasteiger partial charge in [-0.3, -0.25) is 9.69 Å². The minimum Gasteiger partial charge on any atom is -0.337 e. The van der Waals surface area contributed by atoms with Crippen molar-refractivity contribution in [3.8, 4) is 5.69 Å². The van der Waals surface area contributed by atoms with Crippen molar-refractivity contribution in [2.24, 2.45) is 0 Å². The summed E-state index contributed by atoms with van der Waals surface area (Å²) in [7, 11) is -3.19. The fourth-order valence-corrected chi connectivity index (χ4v) is 6.76. The van der Waals surface area contributed by atoms with Gasteiger partial charge in [0.15, 0.2) is 9.84 Å². The summed E-state index contributed by atoms with van der Waals surface area (Å²) in [4.78, 5) is 25.0. The fourth-order valence-electron chi connectivity index (χ4n) is 5.56. The van der Waals surface area contributed by atoms with Crippen molar-refractivity contribution in [1.82, 2.24) is 29.7 Å². The number of piperazine rings is 1. The second kappa shape index (κ2) is 12.0. The zero-order valence-electron chi connectivity index (χ0n) is 24.3. The molecule has 4 aromatic rings. The summed E-state index contributed by atoms with van der Waals surface area (Å²) < 4.78 is 80.0. The summed E-state index contributed by atoms with van der Waals surface area (Å²) in [5.74, 6) is -1.32. The Bertz CT molecular complexity index is 1850. The van der Waals surface area contributed by atoms with Gasteiger partial charge in [-0.2, -0.15) is 18.2 Å². The van der Waals surface area contributed by atoms with E-state index >= 15 is 4.39 Å². The Morgan fingerprint density at radius 1 is 1.09 bits per heavy atom. The highest BCUT2D eigenvalue weighted by Gasteiger charge is 2.41. The van der Waals surface area contributed by atoms with Gasteiger partial charge < -0.3 is 20.1 Å². The quantitative estimate of drug-likeness (QED) is 0.305. The van der Waals surface area contributed by atoms with E-state index in [1.165, 1.54) is 17.0 Å². The largest absolute Gasteiger partial charge is 0.405 e. The van der Waals surface area contributed by atoms with Crippen LogP contribution in [0.4, 0.5) is 29.2 Å². The number of aryl methyl sites for hydroxylation is 1. The summed E-state index contributed by atoms with van der Waals surface area (Å²) in [5.41, 5.74) is 3.26. The van der Waals surface area contributed by atoms with Crippen molar-refractivity contribution in [2.75, 3.05) is 49.5 Å². The van der Waals surface area contributed by atoms with Gasteiger partial charge in [-0.05, 0) is 54.4 Å². The van der Waals surface area contributed by atoms with Gasteiger partial charge in [0, 0.05) is 68.4 Å². The lowest BCUT2D eigenvalue weighted by Gasteiger charge is -2.34. The second-order valence-electron chi connectivity index (χ2n) is 11.3. The number of nitrogens with zero attached hydrogens (tertiary/aromatic N) is 5. The number of aromatic nitrogens is 3. The van der Waals surface area contributed by atoms with Crippen LogP contribution in [0.5, 0.6) is 0 Å². The van der Waals surface area contributed by atoms with Crippen LogP contribution in [0, 0.1) is 12.7 Å². The van der Waals surface area contributed by atoms with Crippen molar-refractivity contribution >= 4 is 38.4 Å². The molecular formula is C30H31F4N7O3S. The summed E-state index contributed by atoms with van der Waals surface area (Å²) in [5, 5.41) is 6.39. The van der Waals surface area contributed by atoms with E-state index in [1.807, 2.05) is 25.1 Å². The highest BCUT2D eigenvalue weighted by Crippen LogP contribution is 2.26. The van der Waals surface area contributed by atoms with E-state index in [9.17, 15) is 26.4 Å². The van der Waals surface area contributed by atoms with Gasteiger partial charge in [0.1, 0.15) is 17.5 Å². The summed E-state index contributed by atoms with van der Waals surface area (Å²) >= 11 is 0. The first-order valence-corrected chi connectivity index (χ1v) is 16.2. The number of alkyl halides is 3. The normalized spacial score (nSPS) is 19.1. The summed E-state index contributed by atoms with van der Waals surface area (Å²) in [6.45, 7) is 2.94. The Hall–Kier alpha value is -4.08. The molecule has 10 nitrogen and oxygen atoms in total.